The second kappa shape index (κ2) is 10.3. The van der Waals surface area contributed by atoms with Crippen molar-refractivity contribution in [2.45, 2.75) is 49.6 Å². The molecule has 1 aromatic heterocycles. The highest BCUT2D eigenvalue weighted by molar-refractivity contribution is 7.89. The third-order valence-electron chi connectivity index (χ3n) is 4.17. The highest BCUT2D eigenvalue weighted by Gasteiger charge is 2.35. The van der Waals surface area contributed by atoms with Gasteiger partial charge in [0.2, 0.25) is 10.0 Å². The van der Waals surface area contributed by atoms with Crippen molar-refractivity contribution >= 4 is 28.6 Å². The standard InChI is InChI=1S/C20H27N3O5S2/c1-5-18(19(24)22-28-20(2,3)29)23(14-15-7-6-12-21-13-15)30(25,26)17-10-8-16(27-4)9-11-17/h6-13,18,29H,5,14H2,1-4H3,(H,22,24)/t18-/m1/s1. The maximum Gasteiger partial charge on any atom is 0.262 e. The predicted octanol–water partition coefficient (Wildman–Crippen LogP) is 2.77. The number of nitrogens with zero attached hydrogens (tertiary/aromatic N) is 2. The Bertz CT molecular complexity index is 929. The Morgan fingerprint density at radius 3 is 2.43 bits per heavy atom. The van der Waals surface area contributed by atoms with E-state index in [1.807, 2.05) is 0 Å². The number of aromatic nitrogens is 1. The maximum atomic E-state index is 13.5. The molecule has 2 rings (SSSR count). The van der Waals surface area contributed by atoms with E-state index < -0.39 is 26.9 Å². The molecule has 0 radical (unpaired) electrons. The van der Waals surface area contributed by atoms with Crippen molar-refractivity contribution in [3.8, 4) is 5.75 Å². The van der Waals surface area contributed by atoms with Gasteiger partial charge in [0.25, 0.3) is 5.91 Å². The second-order valence-corrected chi connectivity index (χ2v) is 9.99. The first-order valence-electron chi connectivity index (χ1n) is 9.33. The Morgan fingerprint density at radius 2 is 1.93 bits per heavy atom. The zero-order valence-corrected chi connectivity index (χ0v) is 19.1. The topological polar surface area (TPSA) is 97.8 Å². The molecule has 30 heavy (non-hydrogen) atoms. The molecule has 0 saturated carbocycles. The number of ether oxygens (including phenoxy) is 1. The van der Waals surface area contributed by atoms with E-state index in [1.165, 1.54) is 19.2 Å². The van der Waals surface area contributed by atoms with Crippen LogP contribution in [0, 0.1) is 0 Å². The van der Waals surface area contributed by atoms with Crippen LogP contribution in [-0.2, 0) is 26.2 Å². The zero-order chi connectivity index (χ0) is 22.4. The summed E-state index contributed by atoms with van der Waals surface area (Å²) in [6.07, 6.45) is 3.39. The first-order chi connectivity index (χ1) is 14.1. The smallest absolute Gasteiger partial charge is 0.262 e. The predicted molar refractivity (Wildman–Crippen MR) is 116 cm³/mol. The largest absolute Gasteiger partial charge is 0.497 e. The molecule has 2 aromatic rings. The molecule has 0 aliphatic heterocycles. The van der Waals surface area contributed by atoms with Gasteiger partial charge in [0.15, 0.2) is 0 Å². The lowest BCUT2D eigenvalue weighted by molar-refractivity contribution is -0.143. The van der Waals surface area contributed by atoms with Gasteiger partial charge in [-0.2, -0.15) is 4.31 Å². The average molecular weight is 454 g/mol. The molecular weight excluding hydrogens is 426 g/mol. The molecule has 1 N–H and O–H groups in total. The quantitative estimate of drug-likeness (QED) is 0.326. The van der Waals surface area contributed by atoms with E-state index in [2.05, 4.69) is 23.1 Å². The number of hydrogen-bond acceptors (Lipinski definition) is 7. The van der Waals surface area contributed by atoms with E-state index in [0.717, 1.165) is 4.31 Å². The van der Waals surface area contributed by atoms with Crippen molar-refractivity contribution in [1.29, 1.82) is 0 Å². The molecule has 164 valence electrons. The van der Waals surface area contributed by atoms with E-state index in [1.54, 1.807) is 57.4 Å². The van der Waals surface area contributed by atoms with Crippen LogP contribution >= 0.6 is 12.6 Å². The molecule has 1 amide bonds. The summed E-state index contributed by atoms with van der Waals surface area (Å²) in [5.74, 6) is -0.0532. The molecule has 1 atom stereocenters. The van der Waals surface area contributed by atoms with Gasteiger partial charge >= 0.3 is 0 Å². The van der Waals surface area contributed by atoms with E-state index >= 15 is 0 Å². The number of carbonyl (C=O) groups excluding carboxylic acids is 1. The molecular formula is C20H27N3O5S2. The molecule has 0 unspecified atom stereocenters. The van der Waals surface area contributed by atoms with Gasteiger partial charge in [0.1, 0.15) is 16.7 Å². The number of thiol groups is 1. The van der Waals surface area contributed by atoms with Crippen molar-refractivity contribution in [2.75, 3.05) is 7.11 Å². The fourth-order valence-corrected chi connectivity index (χ4v) is 4.38. The number of nitrogens with one attached hydrogen (secondary N) is 1. The molecule has 0 saturated heterocycles. The van der Waals surface area contributed by atoms with E-state index in [0.29, 0.717) is 11.3 Å². The Hall–Kier alpha value is -2.14. The molecule has 0 bridgehead atoms. The molecule has 8 nitrogen and oxygen atoms in total. The summed E-state index contributed by atoms with van der Waals surface area (Å²) < 4.78 is 33.2. The second-order valence-electron chi connectivity index (χ2n) is 7.03. The summed E-state index contributed by atoms with van der Waals surface area (Å²) in [4.78, 5) is 21.2. The number of hydrogen-bond donors (Lipinski definition) is 2. The lowest BCUT2D eigenvalue weighted by atomic mass is 10.2. The normalized spacial score (nSPS) is 13.1. The third kappa shape index (κ3) is 6.43. The van der Waals surface area contributed by atoms with Crippen LogP contribution in [0.1, 0.15) is 32.8 Å². The monoisotopic (exact) mass is 453 g/mol. The van der Waals surface area contributed by atoms with Gasteiger partial charge in [0, 0.05) is 18.9 Å². The van der Waals surface area contributed by atoms with Gasteiger partial charge in [0.05, 0.1) is 12.0 Å². The van der Waals surface area contributed by atoms with Crippen LogP contribution in [0.2, 0.25) is 0 Å². The van der Waals surface area contributed by atoms with Crippen molar-refractivity contribution in [3.63, 3.8) is 0 Å². The van der Waals surface area contributed by atoms with Crippen LogP contribution in [0.25, 0.3) is 0 Å². The maximum absolute atomic E-state index is 13.5. The van der Waals surface area contributed by atoms with Crippen molar-refractivity contribution in [3.05, 3.63) is 54.4 Å². The van der Waals surface area contributed by atoms with Crippen LogP contribution < -0.4 is 10.2 Å². The van der Waals surface area contributed by atoms with Crippen molar-refractivity contribution in [1.82, 2.24) is 14.8 Å². The summed E-state index contributed by atoms with van der Waals surface area (Å²) in [6.45, 7) is 5.01. The van der Waals surface area contributed by atoms with Crippen LogP contribution in [0.5, 0.6) is 5.75 Å². The van der Waals surface area contributed by atoms with Gasteiger partial charge in [-0.25, -0.2) is 13.9 Å². The van der Waals surface area contributed by atoms with Gasteiger partial charge in [-0.15, -0.1) is 12.6 Å². The van der Waals surface area contributed by atoms with E-state index in [4.69, 9.17) is 9.57 Å². The summed E-state index contributed by atoms with van der Waals surface area (Å²) in [7, 11) is -2.52. The first kappa shape index (κ1) is 24.1. The Labute approximate surface area is 183 Å². The van der Waals surface area contributed by atoms with E-state index in [-0.39, 0.29) is 17.9 Å². The molecule has 0 aliphatic rings. The lowest BCUT2D eigenvalue weighted by Gasteiger charge is -2.30. The number of sulfonamides is 1. The minimum absolute atomic E-state index is 0.0294. The van der Waals surface area contributed by atoms with Gasteiger partial charge in [-0.1, -0.05) is 13.0 Å². The molecule has 0 spiro atoms. The van der Waals surface area contributed by atoms with Gasteiger partial charge in [-0.3, -0.25) is 14.6 Å². The molecule has 10 heteroatoms. The van der Waals surface area contributed by atoms with Crippen LogP contribution in [-0.4, -0.2) is 41.7 Å². The fraction of sp³-hybridized carbons (Fsp3) is 0.400. The summed E-state index contributed by atoms with van der Waals surface area (Å²) in [5, 5.41) is 0. The van der Waals surface area contributed by atoms with Crippen LogP contribution in [0.4, 0.5) is 0 Å². The molecule has 0 fully saturated rings. The minimum Gasteiger partial charge on any atom is -0.497 e. The molecule has 1 heterocycles. The minimum atomic E-state index is -4.02. The number of pyridine rings is 1. The highest BCUT2D eigenvalue weighted by atomic mass is 32.2. The Morgan fingerprint density at radius 1 is 1.27 bits per heavy atom. The Kier molecular flexibility index (Phi) is 8.25. The lowest BCUT2D eigenvalue weighted by Crippen LogP contribution is -2.49. The van der Waals surface area contributed by atoms with Gasteiger partial charge < -0.3 is 4.74 Å². The SMILES string of the molecule is CC[C@H](C(=O)NOC(C)(C)S)N(Cc1cccnc1)S(=O)(=O)c1ccc(OC)cc1. The summed E-state index contributed by atoms with van der Waals surface area (Å²) in [5.41, 5.74) is 2.97. The van der Waals surface area contributed by atoms with E-state index in [9.17, 15) is 13.2 Å². The van der Waals surface area contributed by atoms with Crippen molar-refractivity contribution in [2.24, 2.45) is 0 Å². The average Bonchev–Trinajstić information content (AvgIpc) is 2.72. The summed E-state index contributed by atoms with van der Waals surface area (Å²) >= 11 is 4.20. The third-order valence-corrected chi connectivity index (χ3v) is 6.13. The number of amides is 1. The van der Waals surface area contributed by atoms with Crippen LogP contribution in [0.3, 0.4) is 0 Å². The molecule has 0 aliphatic carbocycles. The van der Waals surface area contributed by atoms with Crippen LogP contribution in [0.15, 0.2) is 53.7 Å². The molecule has 1 aromatic carbocycles. The number of hydroxylamine groups is 1. The first-order valence-corrected chi connectivity index (χ1v) is 11.2. The number of methoxy groups -OCH3 is 1. The fourth-order valence-electron chi connectivity index (χ4n) is 2.68. The number of carbonyl (C=O) groups is 1. The van der Waals surface area contributed by atoms with Gasteiger partial charge in [-0.05, 0) is 56.2 Å². The van der Waals surface area contributed by atoms with Crippen molar-refractivity contribution < 1.29 is 22.8 Å². The zero-order valence-electron chi connectivity index (χ0n) is 17.4. The summed E-state index contributed by atoms with van der Waals surface area (Å²) in [6, 6.07) is 8.46. The Balaban J connectivity index is 2.42. The number of rotatable bonds is 10. The highest BCUT2D eigenvalue weighted by Crippen LogP contribution is 2.25. The number of benzene rings is 1.